The summed E-state index contributed by atoms with van der Waals surface area (Å²) < 4.78 is 4.87. The first-order chi connectivity index (χ1) is 8.81. The Kier molecular flexibility index (Phi) is 4.29. The Morgan fingerprint density at radius 2 is 2.11 bits per heavy atom. The molecule has 0 aliphatic rings. The predicted octanol–water partition coefficient (Wildman–Crippen LogP) is 3.42. The number of esters is 1. The van der Waals surface area contributed by atoms with Crippen LogP contribution in [0.4, 0.5) is 0 Å². The minimum atomic E-state index is -0.465. The van der Waals surface area contributed by atoms with Crippen LogP contribution < -0.4 is 0 Å². The molecule has 5 heteroatoms. The second kappa shape index (κ2) is 6.15. The molecule has 0 aliphatic heterocycles. The van der Waals surface area contributed by atoms with Gasteiger partial charge in [-0.3, -0.25) is 0 Å². The van der Waals surface area contributed by atoms with E-state index in [9.17, 15) is 4.79 Å². The maximum Gasteiger partial charge on any atom is 0.340 e. The van der Waals surface area contributed by atoms with E-state index in [1.165, 1.54) is 11.3 Å². The van der Waals surface area contributed by atoms with E-state index in [0.717, 1.165) is 9.75 Å². The number of nitriles is 1. The Bertz CT molecular complexity index is 577. The molecule has 18 heavy (non-hydrogen) atoms. The maximum absolute atomic E-state index is 11.9. The average Bonchev–Trinajstić information content (AvgIpc) is 3.05. The van der Waals surface area contributed by atoms with Gasteiger partial charge in [0.05, 0.1) is 5.57 Å². The number of hydrogen-bond donors (Lipinski definition) is 0. The van der Waals surface area contributed by atoms with Crippen molar-refractivity contribution in [3.63, 3.8) is 0 Å². The van der Waals surface area contributed by atoms with Gasteiger partial charge in [-0.15, -0.1) is 22.7 Å². The van der Waals surface area contributed by atoms with Gasteiger partial charge in [0, 0.05) is 9.75 Å². The highest BCUT2D eigenvalue weighted by Crippen LogP contribution is 2.25. The number of carbonyl (C=O) groups excluding carboxylic acids is 1. The summed E-state index contributed by atoms with van der Waals surface area (Å²) in [5.41, 5.74) is 0.489. The monoisotopic (exact) mass is 275 g/mol. The Hall–Kier alpha value is -1.90. The fourth-order valence-electron chi connectivity index (χ4n) is 1.35. The summed E-state index contributed by atoms with van der Waals surface area (Å²) in [7, 11) is 0. The number of carbonyl (C=O) groups is 1. The molecule has 3 nitrogen and oxygen atoms in total. The lowest BCUT2D eigenvalue weighted by molar-refractivity contribution is -0.135. The van der Waals surface area contributed by atoms with Gasteiger partial charge in [0.2, 0.25) is 0 Å². The quantitative estimate of drug-likeness (QED) is 0.634. The molecule has 0 fully saturated rings. The highest BCUT2D eigenvalue weighted by atomic mass is 32.1. The van der Waals surface area contributed by atoms with Crippen LogP contribution in [0.1, 0.15) is 9.75 Å². The SMILES string of the molecule is N#CCOC(=O)/C(=C\c1cccs1)c1cccs1. The van der Waals surface area contributed by atoms with Gasteiger partial charge in [-0.2, -0.15) is 5.26 Å². The second-order valence-electron chi connectivity index (χ2n) is 3.28. The van der Waals surface area contributed by atoms with E-state index in [4.69, 9.17) is 10.00 Å². The first-order valence-electron chi connectivity index (χ1n) is 5.14. The highest BCUT2D eigenvalue weighted by molar-refractivity contribution is 7.12. The largest absolute Gasteiger partial charge is 0.447 e. The Morgan fingerprint density at radius 1 is 1.33 bits per heavy atom. The van der Waals surface area contributed by atoms with Crippen molar-refractivity contribution in [2.75, 3.05) is 6.61 Å². The topological polar surface area (TPSA) is 50.1 Å². The predicted molar refractivity (Wildman–Crippen MR) is 73.1 cm³/mol. The van der Waals surface area contributed by atoms with Crippen molar-refractivity contribution in [3.05, 3.63) is 44.8 Å². The molecule has 2 aromatic heterocycles. The fraction of sp³-hybridized carbons (Fsp3) is 0.0769. The van der Waals surface area contributed by atoms with Crippen LogP contribution in [0, 0.1) is 11.3 Å². The van der Waals surface area contributed by atoms with Crippen molar-refractivity contribution in [3.8, 4) is 6.07 Å². The van der Waals surface area contributed by atoms with Gasteiger partial charge < -0.3 is 4.74 Å². The number of ether oxygens (including phenoxy) is 1. The molecule has 2 aromatic rings. The lowest BCUT2D eigenvalue weighted by atomic mass is 10.2. The Balaban J connectivity index is 2.30. The standard InChI is InChI=1S/C13H9NO2S2/c14-5-6-16-13(15)11(12-4-2-8-18-12)9-10-3-1-7-17-10/h1-4,7-9H,6H2/b11-9-. The molecule has 90 valence electrons. The van der Waals surface area contributed by atoms with Gasteiger partial charge in [0.15, 0.2) is 6.61 Å². The zero-order valence-corrected chi connectivity index (χ0v) is 11.0. The summed E-state index contributed by atoms with van der Waals surface area (Å²) in [6, 6.07) is 9.37. The minimum absolute atomic E-state index is 0.230. The van der Waals surface area contributed by atoms with Gasteiger partial charge in [-0.25, -0.2) is 4.79 Å². The second-order valence-corrected chi connectivity index (χ2v) is 5.21. The Labute approximate surface area is 113 Å². The van der Waals surface area contributed by atoms with E-state index in [1.807, 2.05) is 35.0 Å². The Morgan fingerprint density at radius 3 is 2.72 bits per heavy atom. The molecule has 0 bridgehead atoms. The van der Waals surface area contributed by atoms with Gasteiger partial charge in [-0.1, -0.05) is 12.1 Å². The molecule has 0 spiro atoms. The van der Waals surface area contributed by atoms with Crippen LogP contribution in [-0.4, -0.2) is 12.6 Å². The fourth-order valence-corrected chi connectivity index (χ4v) is 2.74. The zero-order valence-electron chi connectivity index (χ0n) is 9.33. The van der Waals surface area contributed by atoms with Gasteiger partial charge in [-0.05, 0) is 29.0 Å². The third-order valence-electron chi connectivity index (χ3n) is 2.10. The minimum Gasteiger partial charge on any atom is -0.447 e. The summed E-state index contributed by atoms with van der Waals surface area (Å²) in [5.74, 6) is -0.465. The van der Waals surface area contributed by atoms with Crippen molar-refractivity contribution in [1.29, 1.82) is 5.26 Å². The third kappa shape index (κ3) is 3.06. The highest BCUT2D eigenvalue weighted by Gasteiger charge is 2.14. The molecule has 0 saturated heterocycles. The number of thiophene rings is 2. The van der Waals surface area contributed by atoms with Gasteiger partial charge in [0.25, 0.3) is 0 Å². The molecule has 0 aromatic carbocycles. The first kappa shape index (κ1) is 12.6. The third-order valence-corrected chi connectivity index (χ3v) is 3.83. The molecule has 0 atom stereocenters. The van der Waals surface area contributed by atoms with E-state index in [2.05, 4.69) is 0 Å². The molecule has 0 radical (unpaired) electrons. The summed E-state index contributed by atoms with van der Waals surface area (Å²) in [6.45, 7) is -0.230. The first-order valence-corrected chi connectivity index (χ1v) is 6.90. The summed E-state index contributed by atoms with van der Waals surface area (Å²) in [4.78, 5) is 13.7. The molecular weight excluding hydrogens is 266 g/mol. The van der Waals surface area contributed by atoms with E-state index in [-0.39, 0.29) is 6.61 Å². The van der Waals surface area contributed by atoms with E-state index in [1.54, 1.807) is 23.5 Å². The molecule has 2 rings (SSSR count). The van der Waals surface area contributed by atoms with Crippen LogP contribution in [0.5, 0.6) is 0 Å². The van der Waals surface area contributed by atoms with Gasteiger partial charge >= 0.3 is 5.97 Å². The number of rotatable bonds is 4. The van der Waals surface area contributed by atoms with Crippen molar-refractivity contribution >= 4 is 40.3 Å². The number of nitrogens with zero attached hydrogens (tertiary/aromatic N) is 1. The lowest BCUT2D eigenvalue weighted by Crippen LogP contribution is -2.06. The van der Waals surface area contributed by atoms with E-state index >= 15 is 0 Å². The van der Waals surface area contributed by atoms with Crippen LogP contribution in [-0.2, 0) is 9.53 Å². The van der Waals surface area contributed by atoms with Crippen molar-refractivity contribution in [2.45, 2.75) is 0 Å². The van der Waals surface area contributed by atoms with Crippen molar-refractivity contribution in [2.24, 2.45) is 0 Å². The molecule has 2 heterocycles. The van der Waals surface area contributed by atoms with Crippen molar-refractivity contribution in [1.82, 2.24) is 0 Å². The molecule has 0 saturated carbocycles. The lowest BCUT2D eigenvalue weighted by Gasteiger charge is -2.03. The summed E-state index contributed by atoms with van der Waals surface area (Å²) in [6.07, 6.45) is 1.79. The van der Waals surface area contributed by atoms with Crippen LogP contribution >= 0.6 is 22.7 Å². The van der Waals surface area contributed by atoms with Crippen LogP contribution in [0.25, 0.3) is 11.6 Å². The smallest absolute Gasteiger partial charge is 0.340 e. The van der Waals surface area contributed by atoms with E-state index in [0.29, 0.717) is 5.57 Å². The summed E-state index contributed by atoms with van der Waals surface area (Å²) >= 11 is 3.01. The van der Waals surface area contributed by atoms with Crippen LogP contribution in [0.3, 0.4) is 0 Å². The number of hydrogen-bond acceptors (Lipinski definition) is 5. The van der Waals surface area contributed by atoms with Crippen LogP contribution in [0.15, 0.2) is 35.0 Å². The molecule has 0 amide bonds. The van der Waals surface area contributed by atoms with Gasteiger partial charge in [0.1, 0.15) is 6.07 Å². The summed E-state index contributed by atoms with van der Waals surface area (Å²) in [5, 5.41) is 12.3. The maximum atomic E-state index is 11.9. The molecule has 0 unspecified atom stereocenters. The van der Waals surface area contributed by atoms with E-state index < -0.39 is 5.97 Å². The average molecular weight is 275 g/mol. The molecule has 0 aliphatic carbocycles. The normalized spacial score (nSPS) is 10.9. The molecular formula is C13H9NO2S2. The zero-order chi connectivity index (χ0) is 12.8. The van der Waals surface area contributed by atoms with Crippen LogP contribution in [0.2, 0.25) is 0 Å². The van der Waals surface area contributed by atoms with Crippen molar-refractivity contribution < 1.29 is 9.53 Å². The molecule has 0 N–H and O–H groups in total.